The Balaban J connectivity index is 1.45. The molecule has 0 aliphatic heterocycles. The topological polar surface area (TPSA) is 105 Å². The van der Waals surface area contributed by atoms with E-state index in [9.17, 15) is 17.6 Å². The number of anilines is 1. The predicted molar refractivity (Wildman–Crippen MR) is 125 cm³/mol. The van der Waals surface area contributed by atoms with Crippen LogP contribution in [0.3, 0.4) is 0 Å². The summed E-state index contributed by atoms with van der Waals surface area (Å²) in [6.07, 6.45) is 0.737. The Hall–Kier alpha value is -3.15. The number of nitrogens with one attached hydrogen (secondary N) is 2. The van der Waals surface area contributed by atoms with E-state index in [-0.39, 0.29) is 23.2 Å². The van der Waals surface area contributed by atoms with Gasteiger partial charge in [0.15, 0.2) is 5.82 Å². The standard InChI is InChI=1S/C22H22FN5O3S2/c1-3-20(29)25-17-7-8-19(14(2)11-17)33(30,31)24-10-9-18-13-32-22-26-21(27-28(18)22)15-5-4-6-16(23)12-15/h4-8,11-13,24H,3,9-10H2,1-2H3,(H,25,29). The molecule has 0 fully saturated rings. The Bertz CT molecular complexity index is 1430. The van der Waals surface area contributed by atoms with Crippen molar-refractivity contribution in [2.24, 2.45) is 0 Å². The first kappa shape index (κ1) is 23.0. The Morgan fingerprint density at radius 3 is 2.76 bits per heavy atom. The largest absolute Gasteiger partial charge is 0.326 e. The van der Waals surface area contributed by atoms with Crippen molar-refractivity contribution in [3.63, 3.8) is 0 Å². The van der Waals surface area contributed by atoms with Crippen LogP contribution in [0, 0.1) is 12.7 Å². The van der Waals surface area contributed by atoms with Gasteiger partial charge in [-0.25, -0.2) is 22.0 Å². The van der Waals surface area contributed by atoms with Crippen LogP contribution in [0.5, 0.6) is 0 Å². The minimum Gasteiger partial charge on any atom is -0.326 e. The van der Waals surface area contributed by atoms with E-state index in [0.717, 1.165) is 5.69 Å². The predicted octanol–water partition coefficient (Wildman–Crippen LogP) is 3.77. The van der Waals surface area contributed by atoms with Gasteiger partial charge in [0.2, 0.25) is 20.9 Å². The lowest BCUT2D eigenvalue weighted by Crippen LogP contribution is -2.27. The van der Waals surface area contributed by atoms with Crippen molar-refractivity contribution >= 4 is 37.9 Å². The van der Waals surface area contributed by atoms with Crippen LogP contribution in [-0.2, 0) is 21.2 Å². The molecule has 0 aliphatic rings. The second kappa shape index (κ2) is 9.38. The summed E-state index contributed by atoms with van der Waals surface area (Å²) < 4.78 is 43.4. The molecule has 1 amide bonds. The molecule has 2 N–H and O–H groups in total. The lowest BCUT2D eigenvalue weighted by molar-refractivity contribution is -0.115. The zero-order chi connectivity index (χ0) is 23.6. The third-order valence-electron chi connectivity index (χ3n) is 4.98. The molecule has 11 heteroatoms. The van der Waals surface area contributed by atoms with Crippen molar-refractivity contribution in [2.75, 3.05) is 11.9 Å². The molecular formula is C22H22FN5O3S2. The fourth-order valence-corrected chi connectivity index (χ4v) is 5.43. The van der Waals surface area contributed by atoms with Gasteiger partial charge in [0.25, 0.3) is 0 Å². The molecule has 33 heavy (non-hydrogen) atoms. The molecule has 0 saturated carbocycles. The van der Waals surface area contributed by atoms with Gasteiger partial charge < -0.3 is 5.32 Å². The molecule has 0 spiro atoms. The summed E-state index contributed by atoms with van der Waals surface area (Å²) in [4.78, 5) is 16.8. The summed E-state index contributed by atoms with van der Waals surface area (Å²) >= 11 is 1.38. The number of fused-ring (bicyclic) bond motifs is 1. The minimum absolute atomic E-state index is 0.140. The quantitative estimate of drug-likeness (QED) is 0.394. The van der Waals surface area contributed by atoms with Gasteiger partial charge in [-0.05, 0) is 42.8 Å². The molecule has 0 radical (unpaired) electrons. The highest BCUT2D eigenvalue weighted by Gasteiger charge is 2.18. The normalized spacial score (nSPS) is 11.7. The number of thiazole rings is 1. The van der Waals surface area contributed by atoms with E-state index >= 15 is 0 Å². The molecule has 0 bridgehead atoms. The third-order valence-corrected chi connectivity index (χ3v) is 7.46. The summed E-state index contributed by atoms with van der Waals surface area (Å²) in [5.74, 6) is -0.0932. The zero-order valence-electron chi connectivity index (χ0n) is 18.0. The van der Waals surface area contributed by atoms with Crippen LogP contribution < -0.4 is 10.0 Å². The van der Waals surface area contributed by atoms with E-state index in [2.05, 4.69) is 20.1 Å². The molecule has 0 atom stereocenters. The molecule has 4 rings (SSSR count). The minimum atomic E-state index is -3.74. The number of halogens is 1. The maximum atomic E-state index is 13.5. The second-order valence-corrected chi connectivity index (χ2v) is 9.97. The van der Waals surface area contributed by atoms with Crippen molar-refractivity contribution in [3.05, 3.63) is 64.9 Å². The summed E-state index contributed by atoms with van der Waals surface area (Å²) in [5, 5.41) is 9.04. The first-order valence-electron chi connectivity index (χ1n) is 10.3. The molecule has 8 nitrogen and oxygen atoms in total. The van der Waals surface area contributed by atoms with Gasteiger partial charge in [-0.1, -0.05) is 19.1 Å². The number of aryl methyl sites for hydroxylation is 1. The van der Waals surface area contributed by atoms with Crippen molar-refractivity contribution in [1.29, 1.82) is 0 Å². The van der Waals surface area contributed by atoms with E-state index in [1.807, 2.05) is 5.38 Å². The smallest absolute Gasteiger partial charge is 0.240 e. The Kier molecular flexibility index (Phi) is 6.54. The number of rotatable bonds is 8. The average Bonchev–Trinajstić information content (AvgIpc) is 3.35. The van der Waals surface area contributed by atoms with Crippen molar-refractivity contribution in [1.82, 2.24) is 19.3 Å². The van der Waals surface area contributed by atoms with E-state index in [1.54, 1.807) is 42.6 Å². The second-order valence-electron chi connectivity index (χ2n) is 7.40. The van der Waals surface area contributed by atoms with Crippen molar-refractivity contribution in [3.8, 4) is 11.4 Å². The van der Waals surface area contributed by atoms with Gasteiger partial charge >= 0.3 is 0 Å². The molecule has 2 aromatic heterocycles. The van der Waals surface area contributed by atoms with Crippen LogP contribution in [-0.4, -0.2) is 35.5 Å². The van der Waals surface area contributed by atoms with Gasteiger partial charge in [0, 0.05) is 36.0 Å². The molecule has 172 valence electrons. The number of hydrogen-bond donors (Lipinski definition) is 2. The fourth-order valence-electron chi connectivity index (χ4n) is 3.32. The number of carbonyl (C=O) groups is 1. The van der Waals surface area contributed by atoms with Crippen LogP contribution in [0.2, 0.25) is 0 Å². The fraction of sp³-hybridized carbons (Fsp3) is 0.227. The summed E-state index contributed by atoms with van der Waals surface area (Å²) in [6, 6.07) is 10.7. The molecule has 2 heterocycles. The Morgan fingerprint density at radius 1 is 1.21 bits per heavy atom. The van der Waals surface area contributed by atoms with Crippen LogP contribution in [0.15, 0.2) is 52.7 Å². The lowest BCUT2D eigenvalue weighted by Gasteiger charge is -2.11. The number of sulfonamides is 1. The van der Waals surface area contributed by atoms with Crippen LogP contribution in [0.25, 0.3) is 16.3 Å². The highest BCUT2D eigenvalue weighted by Crippen LogP contribution is 2.22. The summed E-state index contributed by atoms with van der Waals surface area (Å²) in [7, 11) is -3.74. The van der Waals surface area contributed by atoms with E-state index < -0.39 is 10.0 Å². The number of hydrogen-bond acceptors (Lipinski definition) is 6. The average molecular weight is 488 g/mol. The monoisotopic (exact) mass is 487 g/mol. The van der Waals surface area contributed by atoms with Gasteiger partial charge in [0.1, 0.15) is 5.82 Å². The zero-order valence-corrected chi connectivity index (χ0v) is 19.6. The van der Waals surface area contributed by atoms with E-state index in [4.69, 9.17) is 0 Å². The van der Waals surface area contributed by atoms with Crippen LogP contribution in [0.1, 0.15) is 24.6 Å². The number of aromatic nitrogens is 3. The van der Waals surface area contributed by atoms with Gasteiger partial charge in [-0.3, -0.25) is 4.79 Å². The van der Waals surface area contributed by atoms with E-state index in [0.29, 0.717) is 40.4 Å². The SMILES string of the molecule is CCC(=O)Nc1ccc(S(=O)(=O)NCCc2csc3nc(-c4cccc(F)c4)nn23)c(C)c1. The van der Waals surface area contributed by atoms with Crippen LogP contribution in [0.4, 0.5) is 10.1 Å². The Labute approximate surface area is 194 Å². The number of nitrogens with zero attached hydrogens (tertiary/aromatic N) is 3. The maximum absolute atomic E-state index is 13.5. The Morgan fingerprint density at radius 2 is 2.03 bits per heavy atom. The third kappa shape index (κ3) is 5.10. The van der Waals surface area contributed by atoms with E-state index in [1.165, 1.54) is 29.5 Å². The van der Waals surface area contributed by atoms with Crippen molar-refractivity contribution in [2.45, 2.75) is 31.6 Å². The first-order chi connectivity index (χ1) is 15.8. The number of amides is 1. The molecule has 2 aromatic carbocycles. The summed E-state index contributed by atoms with van der Waals surface area (Å²) in [5.41, 5.74) is 2.46. The summed E-state index contributed by atoms with van der Waals surface area (Å²) in [6.45, 7) is 3.59. The van der Waals surface area contributed by atoms with Crippen molar-refractivity contribution < 1.29 is 17.6 Å². The number of carbonyl (C=O) groups excluding carboxylic acids is 1. The molecular weight excluding hydrogens is 465 g/mol. The molecule has 0 aliphatic carbocycles. The molecule has 4 aromatic rings. The highest BCUT2D eigenvalue weighted by atomic mass is 32.2. The highest BCUT2D eigenvalue weighted by molar-refractivity contribution is 7.89. The van der Waals surface area contributed by atoms with Gasteiger partial charge in [-0.15, -0.1) is 16.4 Å². The van der Waals surface area contributed by atoms with Crippen LogP contribution >= 0.6 is 11.3 Å². The number of benzene rings is 2. The first-order valence-corrected chi connectivity index (χ1v) is 12.6. The van der Waals surface area contributed by atoms with Gasteiger partial charge in [-0.2, -0.15) is 4.98 Å². The lowest BCUT2D eigenvalue weighted by atomic mass is 10.2. The maximum Gasteiger partial charge on any atom is 0.240 e. The molecule has 0 unspecified atom stereocenters. The van der Waals surface area contributed by atoms with Gasteiger partial charge in [0.05, 0.1) is 10.6 Å². The molecule has 0 saturated heterocycles.